The third-order valence-electron chi connectivity index (χ3n) is 2.42. The molecule has 4 unspecified atom stereocenters. The van der Waals surface area contributed by atoms with E-state index in [1.54, 1.807) is 0 Å². The summed E-state index contributed by atoms with van der Waals surface area (Å²) in [5.74, 6) is -1.27. The number of hydrogen-bond acceptors (Lipinski definition) is 9. The first-order valence-electron chi connectivity index (χ1n) is 7.32. The Morgan fingerprint density at radius 1 is 0.667 bits per heavy atom. The summed E-state index contributed by atoms with van der Waals surface area (Å²) < 4.78 is 14.4. The first-order chi connectivity index (χ1) is 10.7. The first kappa shape index (κ1) is 40.5. The van der Waals surface area contributed by atoms with Crippen molar-refractivity contribution < 1.29 is 175 Å². The quantitative estimate of drug-likeness (QED) is 0.177. The van der Waals surface area contributed by atoms with Crippen molar-refractivity contribution >= 4 is 11.9 Å². The molecule has 4 radical (unpaired) electrons. The van der Waals surface area contributed by atoms with Crippen LogP contribution in [0.25, 0.3) is 0 Å². The molecule has 4 atom stereocenters. The molecule has 9 nitrogen and oxygen atoms in total. The average molecular weight is 694 g/mol. The molecule has 0 saturated carbocycles. The largest absolute Gasteiger partial charge is 0.463 e. The van der Waals surface area contributed by atoms with E-state index in [-0.39, 0.29) is 170 Å². The van der Waals surface area contributed by atoms with Crippen LogP contribution in [-0.4, -0.2) is 83.2 Å². The van der Waals surface area contributed by atoms with E-state index in [4.69, 9.17) is 24.4 Å². The Morgan fingerprint density at radius 2 is 0.963 bits per heavy atom. The fourth-order valence-corrected chi connectivity index (χ4v) is 1.41. The Kier molecular flexibility index (Phi) is 38.1. The summed E-state index contributed by atoms with van der Waals surface area (Å²) in [5, 5.41) is 36.9. The minimum absolute atomic E-state index is 0. The van der Waals surface area contributed by atoms with Crippen LogP contribution in [-0.2, 0) is 155 Å². The van der Waals surface area contributed by atoms with Gasteiger partial charge in [-0.2, -0.15) is 0 Å². The number of esters is 2. The van der Waals surface area contributed by atoms with Crippen LogP contribution in [0.15, 0.2) is 0 Å². The van der Waals surface area contributed by atoms with Crippen LogP contribution in [0, 0.1) is 0 Å². The Balaban J connectivity index is -0.000000403. The number of carbonyl (C=O) groups is 2. The second-order valence-corrected chi connectivity index (χ2v) is 5.32. The van der Waals surface area contributed by atoms with Crippen molar-refractivity contribution in [2.75, 3.05) is 26.4 Å². The van der Waals surface area contributed by atoms with Crippen molar-refractivity contribution in [2.45, 2.75) is 51.1 Å². The van der Waals surface area contributed by atoms with Crippen molar-refractivity contribution in [1.82, 2.24) is 0 Å². The van der Waals surface area contributed by atoms with Gasteiger partial charge in [-0.1, -0.05) is 0 Å². The van der Waals surface area contributed by atoms with E-state index in [9.17, 15) is 19.8 Å². The van der Waals surface area contributed by atoms with Gasteiger partial charge >= 0.3 is 11.9 Å². The zero-order valence-electron chi connectivity index (χ0n) is 15.7. The number of aliphatic hydroxyl groups is 4. The van der Waals surface area contributed by atoms with E-state index in [1.807, 2.05) is 0 Å². The van der Waals surface area contributed by atoms with Crippen LogP contribution in [0.3, 0.4) is 0 Å². The number of rotatable bonds is 12. The van der Waals surface area contributed by atoms with Crippen molar-refractivity contribution in [1.29, 1.82) is 0 Å². The summed E-state index contributed by atoms with van der Waals surface area (Å²) in [6.07, 6.45) is -4.10. The Hall–Kier alpha value is 3.16. The first-order valence-corrected chi connectivity index (χ1v) is 7.32. The Morgan fingerprint density at radius 3 is 1.22 bits per heavy atom. The summed E-state index contributed by atoms with van der Waals surface area (Å²) in [7, 11) is 0. The Labute approximate surface area is 260 Å². The monoisotopic (exact) mass is 694 g/mol. The van der Waals surface area contributed by atoms with Gasteiger partial charge in [0.15, 0.2) is 0 Å². The van der Waals surface area contributed by atoms with Gasteiger partial charge in [0.2, 0.25) is 0 Å². The van der Waals surface area contributed by atoms with Crippen molar-refractivity contribution in [3.8, 4) is 0 Å². The standard InChI is InChI=1S/C14H26O9.4Y/c1-9(15)3-13(19)22-7-11(17)5-21-6-12(18)8-23-14(20)4-10(2)16;;;;/h9-12,15-18H,3-8H2,1-2H3;;;;. The zero-order valence-corrected chi connectivity index (χ0v) is 27.0. The molecular formula is C14H26O9Y4. The maximum atomic E-state index is 11.1. The summed E-state index contributed by atoms with van der Waals surface area (Å²) in [4.78, 5) is 22.2. The molecule has 0 aliphatic heterocycles. The van der Waals surface area contributed by atoms with Gasteiger partial charge in [-0.05, 0) is 13.8 Å². The van der Waals surface area contributed by atoms with E-state index in [1.165, 1.54) is 13.8 Å². The molecule has 0 aromatic heterocycles. The van der Waals surface area contributed by atoms with E-state index in [0.717, 1.165) is 0 Å². The van der Waals surface area contributed by atoms with E-state index >= 15 is 0 Å². The molecule has 0 heterocycles. The summed E-state index contributed by atoms with van der Waals surface area (Å²) >= 11 is 0. The van der Waals surface area contributed by atoms with Crippen LogP contribution in [0.5, 0.6) is 0 Å². The van der Waals surface area contributed by atoms with Crippen LogP contribution in [0.4, 0.5) is 0 Å². The molecule has 0 spiro atoms. The molecule has 0 aromatic carbocycles. The fraction of sp³-hybridized carbons (Fsp3) is 0.857. The minimum atomic E-state index is -1.07. The number of aliphatic hydroxyl groups excluding tert-OH is 4. The molecular weight excluding hydrogens is 668 g/mol. The SMILES string of the molecule is CC(O)CC(=O)OCC(O)COCC(O)COC(=O)CC(C)O.[Y].[Y].[Y].[Y]. The van der Waals surface area contributed by atoms with Gasteiger partial charge in [-0.15, -0.1) is 0 Å². The molecule has 148 valence electrons. The molecule has 0 bridgehead atoms. The maximum absolute atomic E-state index is 11.1. The molecule has 0 aliphatic carbocycles. The van der Waals surface area contributed by atoms with Gasteiger partial charge in [-0.3, -0.25) is 9.59 Å². The van der Waals surface area contributed by atoms with Gasteiger partial charge in [0.25, 0.3) is 0 Å². The molecule has 0 aliphatic rings. The fourth-order valence-electron chi connectivity index (χ4n) is 1.41. The summed E-state index contributed by atoms with van der Waals surface area (Å²) in [6.45, 7) is 1.95. The molecule has 0 saturated heterocycles. The minimum Gasteiger partial charge on any atom is -0.463 e. The van der Waals surface area contributed by atoms with E-state index in [2.05, 4.69) is 0 Å². The predicted molar refractivity (Wildman–Crippen MR) is 77.3 cm³/mol. The third-order valence-corrected chi connectivity index (χ3v) is 2.42. The summed E-state index contributed by atoms with van der Waals surface area (Å²) in [5.41, 5.74) is 0. The molecule has 0 amide bonds. The van der Waals surface area contributed by atoms with Crippen molar-refractivity contribution in [2.24, 2.45) is 0 Å². The Bertz CT molecular complexity index is 327. The molecule has 27 heavy (non-hydrogen) atoms. The normalized spacial score (nSPS) is 13.9. The van der Waals surface area contributed by atoms with Gasteiger partial charge in [0, 0.05) is 131 Å². The molecule has 4 N–H and O–H groups in total. The molecule has 0 rings (SSSR count). The molecule has 0 aromatic rings. The third kappa shape index (κ3) is 29.2. The molecule has 13 heteroatoms. The maximum Gasteiger partial charge on any atom is 0.308 e. The van der Waals surface area contributed by atoms with Gasteiger partial charge in [0.1, 0.15) is 25.4 Å². The second kappa shape index (κ2) is 25.4. The molecule has 0 fully saturated rings. The van der Waals surface area contributed by atoms with Gasteiger partial charge in [0.05, 0.1) is 38.3 Å². The van der Waals surface area contributed by atoms with Crippen LogP contribution < -0.4 is 0 Å². The zero-order chi connectivity index (χ0) is 17.8. The average Bonchev–Trinajstić information content (AvgIpc) is 2.41. The van der Waals surface area contributed by atoms with Crippen LogP contribution in [0.1, 0.15) is 26.7 Å². The number of ether oxygens (including phenoxy) is 3. The van der Waals surface area contributed by atoms with Crippen molar-refractivity contribution in [3.05, 3.63) is 0 Å². The van der Waals surface area contributed by atoms with Gasteiger partial charge < -0.3 is 34.6 Å². The van der Waals surface area contributed by atoms with Crippen LogP contribution in [0.2, 0.25) is 0 Å². The van der Waals surface area contributed by atoms with Crippen LogP contribution >= 0.6 is 0 Å². The topological polar surface area (TPSA) is 143 Å². The van der Waals surface area contributed by atoms with Gasteiger partial charge in [-0.25, -0.2) is 0 Å². The number of hydrogen-bond donors (Lipinski definition) is 4. The summed E-state index contributed by atoms with van der Waals surface area (Å²) in [6, 6.07) is 0. The number of carbonyl (C=O) groups excluding carboxylic acids is 2. The van der Waals surface area contributed by atoms with E-state index < -0.39 is 36.4 Å². The van der Waals surface area contributed by atoms with Crippen molar-refractivity contribution in [3.63, 3.8) is 0 Å². The predicted octanol–water partition coefficient (Wildman–Crippen LogP) is -1.66. The van der Waals surface area contributed by atoms with E-state index in [0.29, 0.717) is 0 Å². The smallest absolute Gasteiger partial charge is 0.308 e. The second-order valence-electron chi connectivity index (χ2n) is 5.32.